The quantitative estimate of drug-likeness (QED) is 0.370. The zero-order valence-electron chi connectivity index (χ0n) is 18.1. The topological polar surface area (TPSA) is 6.48 Å². The fourth-order valence-corrected chi connectivity index (χ4v) is 5.72. The van der Waals surface area contributed by atoms with Crippen LogP contribution in [0.4, 0.5) is 5.69 Å². The van der Waals surface area contributed by atoms with E-state index >= 15 is 0 Å². The van der Waals surface area contributed by atoms with E-state index in [1.54, 1.807) is 0 Å². The molecule has 2 nitrogen and oxygen atoms in total. The summed E-state index contributed by atoms with van der Waals surface area (Å²) in [4.78, 5) is 4.77. The van der Waals surface area contributed by atoms with Crippen molar-refractivity contribution >= 4 is 40.7 Å². The molecule has 1 spiro atoms. The normalized spacial score (nSPS) is 19.2. The Morgan fingerprint density at radius 1 is 0.812 bits per heavy atom. The summed E-state index contributed by atoms with van der Waals surface area (Å²) in [5, 5.41) is 1.61. The molecular formula is C28H27ClN2S. The van der Waals surface area contributed by atoms with Crippen molar-refractivity contribution in [3.05, 3.63) is 107 Å². The zero-order valence-corrected chi connectivity index (χ0v) is 19.7. The monoisotopic (exact) mass is 458 g/mol. The number of hydrogen-bond donors (Lipinski definition) is 0. The predicted molar refractivity (Wildman–Crippen MR) is 139 cm³/mol. The Morgan fingerprint density at radius 3 is 2.09 bits per heavy atom. The minimum absolute atomic E-state index is 0.0966. The van der Waals surface area contributed by atoms with Crippen LogP contribution < -0.4 is 4.90 Å². The summed E-state index contributed by atoms with van der Waals surface area (Å²) in [6.45, 7) is 0.815. The van der Waals surface area contributed by atoms with Gasteiger partial charge in [0.05, 0.1) is 11.2 Å². The van der Waals surface area contributed by atoms with Crippen LogP contribution in [0.3, 0.4) is 0 Å². The van der Waals surface area contributed by atoms with Crippen LogP contribution >= 0.6 is 23.8 Å². The largest absolute Gasteiger partial charge is 0.333 e. The second-order valence-corrected chi connectivity index (χ2v) is 9.50. The second kappa shape index (κ2) is 9.09. The molecule has 32 heavy (non-hydrogen) atoms. The van der Waals surface area contributed by atoms with Crippen LogP contribution in [-0.4, -0.2) is 15.6 Å². The van der Waals surface area contributed by atoms with E-state index in [2.05, 4.69) is 88.7 Å². The molecule has 0 atom stereocenters. The summed E-state index contributed by atoms with van der Waals surface area (Å²) in [6.07, 6.45) is 8.29. The summed E-state index contributed by atoms with van der Waals surface area (Å²) in [6, 6.07) is 29.4. The third-order valence-electron chi connectivity index (χ3n) is 6.71. The van der Waals surface area contributed by atoms with Gasteiger partial charge in [0, 0.05) is 17.3 Å². The summed E-state index contributed by atoms with van der Waals surface area (Å²) in [5.41, 5.74) is 4.75. The minimum Gasteiger partial charge on any atom is -0.333 e. The Balaban J connectivity index is 1.67. The minimum atomic E-state index is -0.0966. The molecule has 2 fully saturated rings. The molecule has 0 aromatic heterocycles. The number of nitrogens with zero attached hydrogens (tertiary/aromatic N) is 2. The Kier molecular flexibility index (Phi) is 6.03. The third-order valence-corrected chi connectivity index (χ3v) is 7.36. The molecule has 0 bridgehead atoms. The molecule has 3 aromatic carbocycles. The zero-order chi connectivity index (χ0) is 22.0. The van der Waals surface area contributed by atoms with Gasteiger partial charge in [-0.1, -0.05) is 91.5 Å². The summed E-state index contributed by atoms with van der Waals surface area (Å²) in [7, 11) is 0. The molecule has 0 radical (unpaired) electrons. The van der Waals surface area contributed by atoms with E-state index in [0.29, 0.717) is 0 Å². The lowest BCUT2D eigenvalue weighted by Gasteiger charge is -2.42. The van der Waals surface area contributed by atoms with Gasteiger partial charge in [-0.25, -0.2) is 0 Å². The van der Waals surface area contributed by atoms with Crippen molar-refractivity contribution in [1.29, 1.82) is 0 Å². The van der Waals surface area contributed by atoms with Gasteiger partial charge in [-0.05, 0) is 66.5 Å². The van der Waals surface area contributed by atoms with Gasteiger partial charge in [0.1, 0.15) is 0 Å². The average molecular weight is 459 g/mol. The summed E-state index contributed by atoms with van der Waals surface area (Å²) < 4.78 is 0. The Labute approximate surface area is 201 Å². The molecule has 1 heterocycles. The standard InChI is InChI=1S/C28H27ClN2S/c29-24-14-16-25(17-15-24)31-26(20-22-10-4-1-5-11-22)28(18-8-3-9-19-28)30(27(31)32)21-23-12-6-2-7-13-23/h1-2,4-7,10-17,20H,3,8-9,18-19,21H2/b26-20-. The lowest BCUT2D eigenvalue weighted by molar-refractivity contribution is 0.168. The van der Waals surface area contributed by atoms with E-state index in [1.807, 2.05) is 12.1 Å². The van der Waals surface area contributed by atoms with Crippen molar-refractivity contribution in [2.24, 2.45) is 0 Å². The van der Waals surface area contributed by atoms with Crippen LogP contribution in [0.15, 0.2) is 90.6 Å². The predicted octanol–water partition coefficient (Wildman–Crippen LogP) is 7.69. The van der Waals surface area contributed by atoms with Crippen LogP contribution in [-0.2, 0) is 6.54 Å². The molecule has 1 aliphatic carbocycles. The van der Waals surface area contributed by atoms with Crippen molar-refractivity contribution in [3.8, 4) is 0 Å². The first kappa shape index (κ1) is 21.2. The van der Waals surface area contributed by atoms with Crippen molar-refractivity contribution < 1.29 is 0 Å². The van der Waals surface area contributed by atoms with E-state index in [1.165, 1.54) is 36.1 Å². The molecule has 162 valence electrons. The van der Waals surface area contributed by atoms with E-state index in [4.69, 9.17) is 23.8 Å². The Morgan fingerprint density at radius 2 is 1.44 bits per heavy atom. The maximum absolute atomic E-state index is 6.22. The number of hydrogen-bond acceptors (Lipinski definition) is 1. The number of anilines is 1. The fraction of sp³-hybridized carbons (Fsp3) is 0.250. The molecule has 0 unspecified atom stereocenters. The fourth-order valence-electron chi connectivity index (χ4n) is 5.15. The van der Waals surface area contributed by atoms with E-state index in [0.717, 1.165) is 35.2 Å². The SMILES string of the molecule is S=C1N(c2ccc(Cl)cc2)/C(=C\c2ccccc2)C2(CCCCC2)N1Cc1ccccc1. The van der Waals surface area contributed by atoms with Gasteiger partial charge < -0.3 is 4.90 Å². The van der Waals surface area contributed by atoms with Gasteiger partial charge in [0.15, 0.2) is 5.11 Å². The average Bonchev–Trinajstić information content (AvgIpc) is 3.04. The maximum Gasteiger partial charge on any atom is 0.181 e. The molecule has 1 aliphatic heterocycles. The molecule has 2 aliphatic rings. The molecule has 1 saturated carbocycles. The van der Waals surface area contributed by atoms with Gasteiger partial charge >= 0.3 is 0 Å². The van der Waals surface area contributed by atoms with Crippen molar-refractivity contribution in [1.82, 2.24) is 4.90 Å². The van der Waals surface area contributed by atoms with Gasteiger partial charge in [0.2, 0.25) is 0 Å². The van der Waals surface area contributed by atoms with Crippen molar-refractivity contribution in [3.63, 3.8) is 0 Å². The first-order chi connectivity index (χ1) is 15.7. The Bertz CT molecular complexity index is 1100. The first-order valence-electron chi connectivity index (χ1n) is 11.4. The van der Waals surface area contributed by atoms with E-state index < -0.39 is 0 Å². The number of benzene rings is 3. The van der Waals surface area contributed by atoms with Crippen LogP contribution in [0.5, 0.6) is 0 Å². The van der Waals surface area contributed by atoms with E-state index in [9.17, 15) is 0 Å². The number of halogens is 1. The van der Waals surface area contributed by atoms with Crippen LogP contribution in [0.2, 0.25) is 5.02 Å². The molecular weight excluding hydrogens is 432 g/mol. The lowest BCUT2D eigenvalue weighted by Crippen LogP contribution is -2.47. The molecule has 3 aromatic rings. The van der Waals surface area contributed by atoms with Crippen LogP contribution in [0, 0.1) is 0 Å². The highest BCUT2D eigenvalue weighted by atomic mass is 35.5. The van der Waals surface area contributed by atoms with Crippen LogP contribution in [0.1, 0.15) is 43.2 Å². The van der Waals surface area contributed by atoms with Gasteiger partial charge in [0.25, 0.3) is 0 Å². The van der Waals surface area contributed by atoms with Gasteiger partial charge in [-0.2, -0.15) is 0 Å². The highest BCUT2D eigenvalue weighted by Crippen LogP contribution is 2.49. The Hall–Kier alpha value is -2.62. The second-order valence-electron chi connectivity index (χ2n) is 8.70. The molecule has 1 saturated heterocycles. The van der Waals surface area contributed by atoms with Crippen molar-refractivity contribution in [2.75, 3.05) is 4.90 Å². The lowest BCUT2D eigenvalue weighted by atomic mass is 9.78. The van der Waals surface area contributed by atoms with Crippen LogP contribution in [0.25, 0.3) is 6.08 Å². The third kappa shape index (κ3) is 3.96. The molecule has 0 amide bonds. The molecule has 0 N–H and O–H groups in total. The first-order valence-corrected chi connectivity index (χ1v) is 12.1. The van der Waals surface area contributed by atoms with Gasteiger partial charge in [-0.3, -0.25) is 4.90 Å². The number of thiocarbonyl (C=S) groups is 1. The van der Waals surface area contributed by atoms with Gasteiger partial charge in [-0.15, -0.1) is 0 Å². The molecule has 4 heteroatoms. The summed E-state index contributed by atoms with van der Waals surface area (Å²) >= 11 is 12.4. The number of rotatable bonds is 4. The molecule has 5 rings (SSSR count). The van der Waals surface area contributed by atoms with E-state index in [-0.39, 0.29) is 5.54 Å². The van der Waals surface area contributed by atoms with Crippen molar-refractivity contribution in [2.45, 2.75) is 44.2 Å². The highest BCUT2D eigenvalue weighted by molar-refractivity contribution is 7.80. The highest BCUT2D eigenvalue weighted by Gasteiger charge is 2.52. The smallest absolute Gasteiger partial charge is 0.181 e. The summed E-state index contributed by atoms with van der Waals surface area (Å²) in [5.74, 6) is 0. The maximum atomic E-state index is 6.22.